The van der Waals surface area contributed by atoms with E-state index in [9.17, 15) is 0 Å². The molecule has 2 aromatic carbocycles. The van der Waals surface area contributed by atoms with Crippen LogP contribution in [0, 0.1) is 0 Å². The van der Waals surface area contributed by atoms with E-state index < -0.39 is 0 Å². The summed E-state index contributed by atoms with van der Waals surface area (Å²) in [5, 5.41) is 0. The summed E-state index contributed by atoms with van der Waals surface area (Å²) >= 11 is 0. The van der Waals surface area contributed by atoms with Crippen LogP contribution in [0.2, 0.25) is 0 Å². The van der Waals surface area contributed by atoms with E-state index in [2.05, 4.69) is 62.4 Å². The molecule has 1 saturated heterocycles. The zero-order valence-electron chi connectivity index (χ0n) is 17.0. The van der Waals surface area contributed by atoms with Crippen LogP contribution in [-0.4, -0.2) is 19.3 Å². The highest BCUT2D eigenvalue weighted by Gasteiger charge is 2.22. The first-order valence-corrected chi connectivity index (χ1v) is 10.7. The molecule has 0 spiro atoms. The molecule has 27 heavy (non-hydrogen) atoms. The van der Waals surface area contributed by atoms with Crippen LogP contribution in [0.15, 0.2) is 48.5 Å². The van der Waals surface area contributed by atoms with E-state index in [1.165, 1.54) is 60.8 Å². The maximum atomic E-state index is 5.97. The van der Waals surface area contributed by atoms with Crippen molar-refractivity contribution < 1.29 is 9.47 Å². The van der Waals surface area contributed by atoms with Crippen LogP contribution < -0.4 is 0 Å². The number of hydrogen-bond acceptors (Lipinski definition) is 2. The SMILES string of the molecule is CCCCCCCc1ccc(-c2ccc(C3COC(CC)CO3)cc2)cc1. The van der Waals surface area contributed by atoms with Crippen LogP contribution in [0.3, 0.4) is 0 Å². The van der Waals surface area contributed by atoms with E-state index in [1.54, 1.807) is 0 Å². The van der Waals surface area contributed by atoms with Crippen molar-refractivity contribution in [2.24, 2.45) is 0 Å². The van der Waals surface area contributed by atoms with Gasteiger partial charge in [0.2, 0.25) is 0 Å². The Balaban J connectivity index is 1.52. The summed E-state index contributed by atoms with van der Waals surface area (Å²) in [6.07, 6.45) is 9.23. The third-order valence-corrected chi connectivity index (χ3v) is 5.56. The van der Waals surface area contributed by atoms with E-state index in [4.69, 9.17) is 9.47 Å². The van der Waals surface area contributed by atoms with Gasteiger partial charge in [0, 0.05) is 0 Å². The Hall–Kier alpha value is -1.64. The molecule has 2 aromatic rings. The predicted octanol–water partition coefficient (Wildman–Crippen LogP) is 6.73. The molecule has 2 atom stereocenters. The minimum Gasteiger partial charge on any atom is -0.373 e. The van der Waals surface area contributed by atoms with Crippen molar-refractivity contribution in [3.05, 3.63) is 59.7 Å². The smallest absolute Gasteiger partial charge is 0.106 e. The number of aryl methyl sites for hydroxylation is 1. The fraction of sp³-hybridized carbons (Fsp3) is 0.520. The molecule has 146 valence electrons. The lowest BCUT2D eigenvalue weighted by Crippen LogP contribution is -2.30. The van der Waals surface area contributed by atoms with Gasteiger partial charge < -0.3 is 9.47 Å². The monoisotopic (exact) mass is 366 g/mol. The lowest BCUT2D eigenvalue weighted by Gasteiger charge is -2.29. The van der Waals surface area contributed by atoms with Crippen molar-refractivity contribution in [2.45, 2.75) is 71.0 Å². The number of hydrogen-bond donors (Lipinski definition) is 0. The highest BCUT2D eigenvalue weighted by atomic mass is 16.6. The lowest BCUT2D eigenvalue weighted by atomic mass is 9.99. The first kappa shape index (κ1) is 20.1. The molecule has 2 unspecified atom stereocenters. The number of benzene rings is 2. The van der Waals surface area contributed by atoms with Gasteiger partial charge in [-0.05, 0) is 41.5 Å². The third-order valence-electron chi connectivity index (χ3n) is 5.56. The highest BCUT2D eigenvalue weighted by molar-refractivity contribution is 5.64. The highest BCUT2D eigenvalue weighted by Crippen LogP contribution is 2.27. The summed E-state index contributed by atoms with van der Waals surface area (Å²) in [4.78, 5) is 0. The van der Waals surface area contributed by atoms with E-state index in [0.29, 0.717) is 13.2 Å². The van der Waals surface area contributed by atoms with E-state index in [-0.39, 0.29) is 12.2 Å². The van der Waals surface area contributed by atoms with Crippen LogP contribution in [0.4, 0.5) is 0 Å². The molecule has 0 saturated carbocycles. The Kier molecular flexibility index (Phi) is 7.92. The average Bonchev–Trinajstić information content (AvgIpc) is 2.74. The summed E-state index contributed by atoms with van der Waals surface area (Å²) in [5.41, 5.74) is 5.20. The molecular formula is C25H34O2. The second kappa shape index (κ2) is 10.6. The van der Waals surface area contributed by atoms with Crippen LogP contribution in [0.1, 0.15) is 69.6 Å². The molecule has 0 radical (unpaired) electrons. The van der Waals surface area contributed by atoms with E-state index >= 15 is 0 Å². The lowest BCUT2D eigenvalue weighted by molar-refractivity contribution is -0.135. The summed E-state index contributed by atoms with van der Waals surface area (Å²) in [5.74, 6) is 0. The average molecular weight is 367 g/mol. The second-order valence-electron chi connectivity index (χ2n) is 7.67. The van der Waals surface area contributed by atoms with Crippen LogP contribution >= 0.6 is 0 Å². The topological polar surface area (TPSA) is 18.5 Å². The molecule has 0 bridgehead atoms. The molecule has 1 aliphatic rings. The Morgan fingerprint density at radius 3 is 2.00 bits per heavy atom. The molecule has 3 rings (SSSR count). The largest absolute Gasteiger partial charge is 0.373 e. The second-order valence-corrected chi connectivity index (χ2v) is 7.67. The summed E-state index contributed by atoms with van der Waals surface area (Å²) in [7, 11) is 0. The summed E-state index contributed by atoms with van der Waals surface area (Å²) < 4.78 is 11.8. The van der Waals surface area contributed by atoms with Crippen molar-refractivity contribution in [3.8, 4) is 11.1 Å². The van der Waals surface area contributed by atoms with Gasteiger partial charge in [0.25, 0.3) is 0 Å². The molecular weight excluding hydrogens is 332 g/mol. The third kappa shape index (κ3) is 5.92. The predicted molar refractivity (Wildman–Crippen MR) is 113 cm³/mol. The Labute approximate surface area is 164 Å². The maximum absolute atomic E-state index is 5.97. The molecule has 1 aliphatic heterocycles. The molecule has 0 aliphatic carbocycles. The van der Waals surface area contributed by atoms with Crippen molar-refractivity contribution in [2.75, 3.05) is 13.2 Å². The van der Waals surface area contributed by atoms with Crippen molar-refractivity contribution in [1.29, 1.82) is 0 Å². The van der Waals surface area contributed by atoms with Crippen molar-refractivity contribution in [3.63, 3.8) is 0 Å². The van der Waals surface area contributed by atoms with Crippen LogP contribution in [-0.2, 0) is 15.9 Å². The normalized spacial score (nSPS) is 19.9. The zero-order chi connectivity index (χ0) is 18.9. The maximum Gasteiger partial charge on any atom is 0.106 e. The van der Waals surface area contributed by atoms with E-state index in [0.717, 1.165) is 6.42 Å². The quantitative estimate of drug-likeness (QED) is 0.458. The molecule has 1 fully saturated rings. The van der Waals surface area contributed by atoms with Crippen LogP contribution in [0.5, 0.6) is 0 Å². The minimum atomic E-state index is 0.0666. The molecule has 2 nitrogen and oxygen atoms in total. The van der Waals surface area contributed by atoms with Gasteiger partial charge in [0.05, 0.1) is 19.3 Å². The number of unbranched alkanes of at least 4 members (excludes halogenated alkanes) is 4. The van der Waals surface area contributed by atoms with Gasteiger partial charge in [0.1, 0.15) is 6.10 Å². The number of ether oxygens (including phenoxy) is 2. The van der Waals surface area contributed by atoms with Crippen LogP contribution in [0.25, 0.3) is 11.1 Å². The van der Waals surface area contributed by atoms with Gasteiger partial charge in [0.15, 0.2) is 0 Å². The van der Waals surface area contributed by atoms with E-state index in [1.807, 2.05) is 0 Å². The molecule has 0 N–H and O–H groups in total. The van der Waals surface area contributed by atoms with Gasteiger partial charge in [-0.3, -0.25) is 0 Å². The first-order chi connectivity index (χ1) is 13.3. The fourth-order valence-electron chi connectivity index (χ4n) is 3.66. The summed E-state index contributed by atoms with van der Waals surface area (Å²) in [6.45, 7) is 5.76. The van der Waals surface area contributed by atoms with Crippen molar-refractivity contribution in [1.82, 2.24) is 0 Å². The molecule has 1 heterocycles. The fourth-order valence-corrected chi connectivity index (χ4v) is 3.66. The van der Waals surface area contributed by atoms with Gasteiger partial charge in [-0.15, -0.1) is 0 Å². The molecule has 0 aromatic heterocycles. The standard InChI is InChI=1S/C25H34O2/c1-3-5-6-7-8-9-20-10-12-21(13-11-20)22-14-16-23(17-15-22)25-19-26-24(4-2)18-27-25/h10-17,24-25H,3-9,18-19H2,1-2H3. The van der Waals surface area contributed by atoms with Crippen molar-refractivity contribution >= 4 is 0 Å². The first-order valence-electron chi connectivity index (χ1n) is 10.7. The Bertz CT molecular complexity index is 652. The Morgan fingerprint density at radius 1 is 0.741 bits per heavy atom. The molecule has 2 heteroatoms. The number of rotatable bonds is 9. The molecule has 0 amide bonds. The van der Waals surface area contributed by atoms with Gasteiger partial charge in [-0.2, -0.15) is 0 Å². The van der Waals surface area contributed by atoms with Gasteiger partial charge in [-0.1, -0.05) is 88.1 Å². The van der Waals surface area contributed by atoms with Gasteiger partial charge in [-0.25, -0.2) is 0 Å². The summed E-state index contributed by atoms with van der Waals surface area (Å²) in [6, 6.07) is 17.8. The minimum absolute atomic E-state index is 0.0666. The zero-order valence-corrected chi connectivity index (χ0v) is 17.0. The van der Waals surface area contributed by atoms with Gasteiger partial charge >= 0.3 is 0 Å². The Morgan fingerprint density at radius 2 is 1.41 bits per heavy atom.